The van der Waals surface area contributed by atoms with Crippen LogP contribution in [0.25, 0.3) is 0 Å². The van der Waals surface area contributed by atoms with E-state index < -0.39 is 17.9 Å². The highest BCUT2D eigenvalue weighted by molar-refractivity contribution is 6.02. The predicted molar refractivity (Wildman–Crippen MR) is 179 cm³/mol. The van der Waals surface area contributed by atoms with Gasteiger partial charge in [-0.1, -0.05) is 37.3 Å². The number of anilines is 2. The number of urea groups is 1. The Bertz CT molecular complexity index is 1410. The maximum Gasteiger partial charge on any atom is 0.323 e. The molecule has 248 valence electrons. The van der Waals surface area contributed by atoms with Gasteiger partial charge in [0.2, 0.25) is 0 Å². The third kappa shape index (κ3) is 10.3. The van der Waals surface area contributed by atoms with Gasteiger partial charge in [-0.15, -0.1) is 0 Å². The molecule has 0 spiro atoms. The van der Waals surface area contributed by atoms with E-state index in [-0.39, 0.29) is 36.2 Å². The number of hydrogen-bond acceptors (Lipinski definition) is 6. The molecule has 3 aromatic carbocycles. The van der Waals surface area contributed by atoms with E-state index in [0.29, 0.717) is 36.8 Å². The molecular formula is C36H47FN4O5. The van der Waals surface area contributed by atoms with Crippen LogP contribution in [0.5, 0.6) is 5.75 Å². The minimum Gasteiger partial charge on any atom is -0.490 e. The van der Waals surface area contributed by atoms with Crippen LogP contribution in [-0.4, -0.2) is 78.4 Å². The summed E-state index contributed by atoms with van der Waals surface area (Å²) in [5, 5.41) is 15.6. The summed E-state index contributed by atoms with van der Waals surface area (Å²) in [6, 6.07) is 19.7. The van der Waals surface area contributed by atoms with Gasteiger partial charge in [-0.3, -0.25) is 9.69 Å². The molecule has 1 heterocycles. The number of nitrogens with zero attached hydrogens (tertiary/aromatic N) is 2. The monoisotopic (exact) mass is 634 g/mol. The van der Waals surface area contributed by atoms with E-state index in [4.69, 9.17) is 9.47 Å². The number of carbonyl (C=O) groups is 2. The van der Waals surface area contributed by atoms with Crippen molar-refractivity contribution in [3.63, 3.8) is 0 Å². The Kier molecular flexibility index (Phi) is 12.9. The molecule has 0 fully saturated rings. The van der Waals surface area contributed by atoms with Gasteiger partial charge < -0.3 is 30.1 Å². The van der Waals surface area contributed by atoms with Gasteiger partial charge in [-0.25, -0.2) is 9.18 Å². The molecule has 4 atom stereocenters. The molecule has 4 rings (SSSR count). The van der Waals surface area contributed by atoms with E-state index in [1.807, 2.05) is 32.0 Å². The van der Waals surface area contributed by atoms with E-state index in [1.165, 1.54) is 29.8 Å². The van der Waals surface area contributed by atoms with Crippen molar-refractivity contribution in [2.24, 2.45) is 5.92 Å². The normalized spacial score (nSPS) is 20.3. The number of nitrogens with one attached hydrogen (secondary N) is 2. The zero-order valence-electron chi connectivity index (χ0n) is 27.2. The van der Waals surface area contributed by atoms with E-state index in [9.17, 15) is 19.1 Å². The molecule has 0 bridgehead atoms. The van der Waals surface area contributed by atoms with Crippen molar-refractivity contribution in [1.29, 1.82) is 0 Å². The number of likely N-dealkylation sites (N-methyl/N-ethyl adjacent to an activating group) is 1. The van der Waals surface area contributed by atoms with E-state index in [1.54, 1.807) is 23.1 Å². The number of amides is 3. The number of carbonyl (C=O) groups excluding carboxylic acids is 2. The summed E-state index contributed by atoms with van der Waals surface area (Å²) >= 11 is 0. The summed E-state index contributed by atoms with van der Waals surface area (Å²) in [5.74, 6) is -0.355. The smallest absolute Gasteiger partial charge is 0.323 e. The fourth-order valence-corrected chi connectivity index (χ4v) is 5.56. The molecule has 10 heteroatoms. The lowest BCUT2D eigenvalue weighted by Crippen LogP contribution is -2.47. The molecule has 9 nitrogen and oxygen atoms in total. The molecule has 1 aliphatic heterocycles. The first kappa shape index (κ1) is 34.9. The lowest BCUT2D eigenvalue weighted by Gasteiger charge is -2.36. The van der Waals surface area contributed by atoms with Gasteiger partial charge >= 0.3 is 6.03 Å². The molecule has 3 aromatic rings. The minimum absolute atomic E-state index is 0.0507. The Balaban J connectivity index is 1.58. The van der Waals surface area contributed by atoms with Crippen LogP contribution < -0.4 is 15.4 Å². The van der Waals surface area contributed by atoms with E-state index >= 15 is 0 Å². The number of ether oxygens (including phenoxy) is 2. The highest BCUT2D eigenvalue weighted by atomic mass is 19.1. The molecule has 0 radical (unpaired) electrons. The summed E-state index contributed by atoms with van der Waals surface area (Å²) < 4.78 is 26.0. The van der Waals surface area contributed by atoms with Gasteiger partial charge in [0.15, 0.2) is 0 Å². The van der Waals surface area contributed by atoms with Gasteiger partial charge in [0.1, 0.15) is 11.6 Å². The SMILES string of the molecule is C[C@@H]1CCCCO[C@H](CN(C)Cc2ccccc2)[C@H](C)CN([C@@H](C)CO)C(=O)c2cc(NC(=O)Nc3ccc(F)cc3)ccc2O1. The van der Waals surface area contributed by atoms with Crippen molar-refractivity contribution in [3.8, 4) is 5.75 Å². The lowest BCUT2D eigenvalue weighted by molar-refractivity contribution is -0.0177. The fraction of sp³-hybridized carbons (Fsp3) is 0.444. The summed E-state index contributed by atoms with van der Waals surface area (Å²) in [5.41, 5.74) is 2.31. The second-order valence-electron chi connectivity index (χ2n) is 12.3. The molecule has 3 N–H and O–H groups in total. The Morgan fingerprint density at radius 1 is 1.04 bits per heavy atom. The molecule has 0 aromatic heterocycles. The maximum atomic E-state index is 14.3. The van der Waals surface area contributed by atoms with Crippen molar-refractivity contribution in [1.82, 2.24) is 9.80 Å². The van der Waals surface area contributed by atoms with Gasteiger partial charge in [0, 0.05) is 43.5 Å². The van der Waals surface area contributed by atoms with Gasteiger partial charge in [0.25, 0.3) is 5.91 Å². The quantitative estimate of drug-likeness (QED) is 0.265. The van der Waals surface area contributed by atoms with Crippen LogP contribution in [0.3, 0.4) is 0 Å². The Hall–Kier alpha value is -3.99. The molecule has 0 unspecified atom stereocenters. The summed E-state index contributed by atoms with van der Waals surface area (Å²) in [7, 11) is 2.07. The third-order valence-electron chi connectivity index (χ3n) is 8.20. The van der Waals surface area contributed by atoms with Crippen LogP contribution >= 0.6 is 0 Å². The third-order valence-corrected chi connectivity index (χ3v) is 8.20. The maximum absolute atomic E-state index is 14.3. The second-order valence-corrected chi connectivity index (χ2v) is 12.3. The Morgan fingerprint density at radius 3 is 2.46 bits per heavy atom. The summed E-state index contributed by atoms with van der Waals surface area (Å²) in [4.78, 5) is 31.0. The van der Waals surface area contributed by atoms with Crippen LogP contribution in [0.2, 0.25) is 0 Å². The first-order valence-electron chi connectivity index (χ1n) is 16.0. The molecule has 3 amide bonds. The standard InChI is InChI=1S/C36H47FN4O5/c1-25-21-41(26(2)24-42)35(43)32-20-31(39-36(44)38-30-15-13-29(37)14-16-30)17-18-33(32)46-27(3)10-8-9-19-45-34(25)23-40(4)22-28-11-6-5-7-12-28/h5-7,11-18,20,25-27,34,42H,8-10,19,21-24H2,1-4H3,(H2,38,39,44)/t25-,26+,27-,34-/m1/s1. The largest absolute Gasteiger partial charge is 0.490 e. The fourth-order valence-electron chi connectivity index (χ4n) is 5.56. The minimum atomic E-state index is -0.539. The molecule has 0 saturated carbocycles. The number of aliphatic hydroxyl groups excluding tert-OH is 1. The highest BCUT2D eigenvalue weighted by Gasteiger charge is 2.30. The zero-order valence-corrected chi connectivity index (χ0v) is 27.2. The average Bonchev–Trinajstić information content (AvgIpc) is 3.04. The number of aliphatic hydroxyl groups is 1. The van der Waals surface area contributed by atoms with Crippen LogP contribution in [-0.2, 0) is 11.3 Å². The molecule has 0 saturated heterocycles. The molecule has 0 aliphatic carbocycles. The van der Waals surface area contributed by atoms with Crippen molar-refractivity contribution in [3.05, 3.63) is 89.7 Å². The Labute approximate surface area is 271 Å². The first-order chi connectivity index (χ1) is 22.1. The van der Waals surface area contributed by atoms with Crippen LogP contribution in [0, 0.1) is 11.7 Å². The number of rotatable bonds is 8. The number of benzene rings is 3. The zero-order chi connectivity index (χ0) is 33.1. The van der Waals surface area contributed by atoms with Crippen LogP contribution in [0.15, 0.2) is 72.8 Å². The summed E-state index contributed by atoms with van der Waals surface area (Å²) in [6.45, 7) is 8.05. The summed E-state index contributed by atoms with van der Waals surface area (Å²) in [6.07, 6.45) is 2.26. The van der Waals surface area contributed by atoms with Crippen LogP contribution in [0.4, 0.5) is 20.6 Å². The van der Waals surface area contributed by atoms with Gasteiger partial charge in [-0.2, -0.15) is 0 Å². The average molecular weight is 635 g/mol. The van der Waals surface area contributed by atoms with Crippen LogP contribution in [0.1, 0.15) is 56.0 Å². The molecular weight excluding hydrogens is 587 g/mol. The number of fused-ring (bicyclic) bond motifs is 1. The van der Waals surface area contributed by atoms with Crippen molar-refractivity contribution in [2.45, 2.75) is 64.8 Å². The lowest BCUT2D eigenvalue weighted by atomic mass is 10.0. The second kappa shape index (κ2) is 17.1. The molecule has 46 heavy (non-hydrogen) atoms. The van der Waals surface area contributed by atoms with E-state index in [0.717, 1.165) is 25.8 Å². The van der Waals surface area contributed by atoms with Crippen molar-refractivity contribution >= 4 is 23.3 Å². The highest BCUT2D eigenvalue weighted by Crippen LogP contribution is 2.29. The van der Waals surface area contributed by atoms with Crippen molar-refractivity contribution < 1.29 is 28.6 Å². The predicted octanol–water partition coefficient (Wildman–Crippen LogP) is 6.40. The molecule has 1 aliphatic rings. The Morgan fingerprint density at radius 2 is 1.74 bits per heavy atom. The number of hydrogen-bond donors (Lipinski definition) is 3. The van der Waals surface area contributed by atoms with Gasteiger partial charge in [0.05, 0.1) is 30.4 Å². The van der Waals surface area contributed by atoms with E-state index in [2.05, 4.69) is 41.6 Å². The van der Waals surface area contributed by atoms with Crippen molar-refractivity contribution in [2.75, 3.05) is 44.0 Å². The topological polar surface area (TPSA) is 103 Å². The van der Waals surface area contributed by atoms with Gasteiger partial charge in [-0.05, 0) is 88.2 Å². The first-order valence-corrected chi connectivity index (χ1v) is 16.0. The number of halogens is 1.